The highest BCUT2D eigenvalue weighted by molar-refractivity contribution is 6.33. The second kappa shape index (κ2) is 12.4. The second-order valence-electron chi connectivity index (χ2n) is 11.8. The molecule has 47 heavy (non-hydrogen) atoms. The molecular weight excluding hydrogens is 650 g/mol. The van der Waals surface area contributed by atoms with Crippen molar-refractivity contribution in [1.82, 2.24) is 20.0 Å². The molecule has 1 unspecified atom stereocenters. The molecule has 0 bridgehead atoms. The van der Waals surface area contributed by atoms with E-state index in [1.54, 1.807) is 28.2 Å². The third-order valence-corrected chi connectivity index (χ3v) is 9.32. The summed E-state index contributed by atoms with van der Waals surface area (Å²) in [7, 11) is 1.24. The van der Waals surface area contributed by atoms with Gasteiger partial charge in [0, 0.05) is 36.2 Å². The number of rotatable bonds is 6. The van der Waals surface area contributed by atoms with Crippen LogP contribution in [0.5, 0.6) is 0 Å². The zero-order chi connectivity index (χ0) is 33.7. The molecule has 1 atom stereocenters. The highest BCUT2D eigenvalue weighted by Gasteiger charge is 2.54. The average Bonchev–Trinajstić information content (AvgIpc) is 3.55. The van der Waals surface area contributed by atoms with Gasteiger partial charge in [-0.25, -0.2) is 13.9 Å². The van der Waals surface area contributed by atoms with Gasteiger partial charge in [0.25, 0.3) is 5.91 Å². The number of carbonyl (C=O) groups is 4. The van der Waals surface area contributed by atoms with E-state index in [-0.39, 0.29) is 59.7 Å². The first kappa shape index (κ1) is 32.7. The van der Waals surface area contributed by atoms with Crippen LogP contribution in [-0.4, -0.2) is 84.4 Å². The molecule has 0 radical (unpaired) electrons. The third kappa shape index (κ3) is 5.90. The molecule has 250 valence electrons. The van der Waals surface area contributed by atoms with Crippen LogP contribution in [0.1, 0.15) is 64.7 Å². The quantitative estimate of drug-likeness (QED) is 0.301. The van der Waals surface area contributed by atoms with Crippen LogP contribution in [0.3, 0.4) is 0 Å². The summed E-state index contributed by atoms with van der Waals surface area (Å²) < 4.78 is 65.1. The number of carbonyl (C=O) groups excluding carboxylic acids is 4. The number of ether oxygens (including phenoxy) is 2. The SMILES string of the molecule is COC(=O)c1nn(C2CCCCO2)c2ccc(C(=O)N3CCC4(CC3)C(=O)N(CC(=O)NCC(F)(F)F)c3ccc(F)c(Cl)c34)cc12. The lowest BCUT2D eigenvalue weighted by Crippen LogP contribution is -2.51. The maximum absolute atomic E-state index is 14.7. The molecule has 6 rings (SSSR count). The van der Waals surface area contributed by atoms with Gasteiger partial charge in [-0.1, -0.05) is 11.6 Å². The molecule has 11 nitrogen and oxygen atoms in total. The summed E-state index contributed by atoms with van der Waals surface area (Å²) in [5.74, 6) is -3.53. The van der Waals surface area contributed by atoms with E-state index in [9.17, 15) is 36.7 Å². The molecule has 2 fully saturated rings. The lowest BCUT2D eigenvalue weighted by Gasteiger charge is -2.38. The predicted molar refractivity (Wildman–Crippen MR) is 160 cm³/mol. The van der Waals surface area contributed by atoms with Crippen molar-refractivity contribution in [3.63, 3.8) is 0 Å². The second-order valence-corrected chi connectivity index (χ2v) is 12.1. The fourth-order valence-corrected chi connectivity index (χ4v) is 6.99. The van der Waals surface area contributed by atoms with Gasteiger partial charge in [-0.2, -0.15) is 18.3 Å². The molecule has 0 saturated carbocycles. The summed E-state index contributed by atoms with van der Waals surface area (Å²) in [5.41, 5.74) is -0.250. The van der Waals surface area contributed by atoms with Gasteiger partial charge in [-0.15, -0.1) is 0 Å². The van der Waals surface area contributed by atoms with Crippen molar-refractivity contribution in [2.24, 2.45) is 0 Å². The van der Waals surface area contributed by atoms with Crippen molar-refractivity contribution in [3.8, 4) is 0 Å². The number of hydrogen-bond acceptors (Lipinski definition) is 7. The molecule has 3 aliphatic rings. The van der Waals surface area contributed by atoms with E-state index in [1.165, 1.54) is 18.1 Å². The predicted octanol–water partition coefficient (Wildman–Crippen LogP) is 4.51. The summed E-state index contributed by atoms with van der Waals surface area (Å²) in [4.78, 5) is 55.2. The van der Waals surface area contributed by atoms with E-state index in [0.717, 1.165) is 23.8 Å². The Morgan fingerprint density at radius 2 is 1.89 bits per heavy atom. The minimum Gasteiger partial charge on any atom is -0.464 e. The molecule has 3 amide bonds. The first-order chi connectivity index (χ1) is 22.3. The molecule has 3 aliphatic heterocycles. The molecule has 0 aliphatic carbocycles. The smallest absolute Gasteiger partial charge is 0.405 e. The molecule has 16 heteroatoms. The van der Waals surface area contributed by atoms with Crippen molar-refractivity contribution < 1.29 is 46.2 Å². The Balaban J connectivity index is 1.25. The van der Waals surface area contributed by atoms with Crippen molar-refractivity contribution in [2.75, 3.05) is 44.8 Å². The van der Waals surface area contributed by atoms with Gasteiger partial charge in [0.1, 0.15) is 18.9 Å². The van der Waals surface area contributed by atoms with Crippen LogP contribution in [0.25, 0.3) is 10.9 Å². The normalized spacial score (nSPS) is 19.3. The Labute approximate surface area is 270 Å². The van der Waals surface area contributed by atoms with Crippen LogP contribution in [-0.2, 0) is 24.5 Å². The van der Waals surface area contributed by atoms with E-state index in [4.69, 9.17) is 21.1 Å². The van der Waals surface area contributed by atoms with E-state index < -0.39 is 54.2 Å². The number of fused-ring (bicyclic) bond motifs is 3. The molecule has 4 heterocycles. The number of nitrogens with zero attached hydrogens (tertiary/aromatic N) is 4. The first-order valence-electron chi connectivity index (χ1n) is 15.0. The fraction of sp³-hybridized carbons (Fsp3) is 0.452. The number of aromatic nitrogens is 2. The molecule has 1 aromatic heterocycles. The molecule has 2 aromatic carbocycles. The number of esters is 1. The molecule has 1 N–H and O–H groups in total. The van der Waals surface area contributed by atoms with Crippen molar-refractivity contribution in [1.29, 1.82) is 0 Å². The topological polar surface area (TPSA) is 123 Å². The van der Waals surface area contributed by atoms with Gasteiger partial charge in [0.15, 0.2) is 11.9 Å². The van der Waals surface area contributed by atoms with E-state index in [0.29, 0.717) is 23.9 Å². The zero-order valence-electron chi connectivity index (χ0n) is 25.2. The fourth-order valence-electron chi connectivity index (χ4n) is 6.65. The van der Waals surface area contributed by atoms with Gasteiger partial charge in [0.05, 0.1) is 28.8 Å². The number of methoxy groups -OCH3 is 1. The summed E-state index contributed by atoms with van der Waals surface area (Å²) in [6.45, 7) is -1.66. The largest absolute Gasteiger partial charge is 0.464 e. The van der Waals surface area contributed by atoms with E-state index in [2.05, 4.69) is 5.10 Å². The van der Waals surface area contributed by atoms with Gasteiger partial charge in [-0.05, 0) is 62.4 Å². The van der Waals surface area contributed by atoms with Crippen LogP contribution in [0.15, 0.2) is 30.3 Å². The molecule has 2 saturated heterocycles. The number of anilines is 1. The maximum atomic E-state index is 14.7. The molecular formula is C31H30ClF4N5O6. The van der Waals surface area contributed by atoms with Crippen LogP contribution in [0.4, 0.5) is 23.2 Å². The van der Waals surface area contributed by atoms with Crippen LogP contribution < -0.4 is 10.2 Å². The van der Waals surface area contributed by atoms with Crippen molar-refractivity contribution in [2.45, 2.75) is 49.9 Å². The molecule has 1 spiro atoms. The minimum absolute atomic E-state index is 0.0149. The van der Waals surface area contributed by atoms with Gasteiger partial charge in [-0.3, -0.25) is 14.4 Å². The average molecular weight is 680 g/mol. The van der Waals surface area contributed by atoms with Crippen LogP contribution in [0, 0.1) is 5.82 Å². The number of halogens is 5. The highest BCUT2D eigenvalue weighted by Crippen LogP contribution is 2.51. The standard InChI is InChI=1S/C31H30ClF4N5O6/c1-46-28(44)26-18-14-17(5-7-20(18)41(38-26)23-4-2-3-13-47-23)27(43)39-11-9-30(10-12-39)24-21(8-6-19(33)25(24)32)40(29(30)45)15-22(42)37-16-31(34,35)36/h5-8,14,23H,2-4,9-13,15-16H2,1H3,(H,37,42). The highest BCUT2D eigenvalue weighted by atomic mass is 35.5. The zero-order valence-corrected chi connectivity index (χ0v) is 25.9. The number of hydrogen-bond donors (Lipinski definition) is 1. The van der Waals surface area contributed by atoms with Gasteiger partial charge in [0.2, 0.25) is 11.8 Å². The number of likely N-dealkylation sites (tertiary alicyclic amines) is 1. The first-order valence-corrected chi connectivity index (χ1v) is 15.4. The Hall–Kier alpha value is -4.24. The number of benzene rings is 2. The van der Waals surface area contributed by atoms with Gasteiger partial charge >= 0.3 is 12.1 Å². The molecule has 3 aromatic rings. The Bertz CT molecular complexity index is 1760. The summed E-state index contributed by atoms with van der Waals surface area (Å²) in [5, 5.41) is 6.29. The number of piperidine rings is 1. The van der Waals surface area contributed by atoms with E-state index >= 15 is 0 Å². The Morgan fingerprint density at radius 3 is 2.55 bits per heavy atom. The third-order valence-electron chi connectivity index (χ3n) is 8.95. The van der Waals surface area contributed by atoms with Crippen LogP contribution in [0.2, 0.25) is 5.02 Å². The Morgan fingerprint density at radius 1 is 1.15 bits per heavy atom. The summed E-state index contributed by atoms with van der Waals surface area (Å²) in [6, 6.07) is 7.15. The number of amides is 3. The monoisotopic (exact) mass is 679 g/mol. The van der Waals surface area contributed by atoms with Crippen molar-refractivity contribution in [3.05, 3.63) is 58.0 Å². The Kier molecular flexibility index (Phi) is 8.63. The minimum atomic E-state index is -4.65. The summed E-state index contributed by atoms with van der Waals surface area (Å²) >= 11 is 6.37. The summed E-state index contributed by atoms with van der Waals surface area (Å²) in [6.07, 6.45) is -2.43. The number of alkyl halides is 3. The van der Waals surface area contributed by atoms with Crippen molar-refractivity contribution >= 4 is 51.9 Å². The van der Waals surface area contributed by atoms with Gasteiger partial charge < -0.3 is 24.6 Å². The lowest BCUT2D eigenvalue weighted by molar-refractivity contribution is -0.138. The van der Waals surface area contributed by atoms with E-state index in [1.807, 2.05) is 0 Å². The lowest BCUT2D eigenvalue weighted by atomic mass is 9.73. The number of nitrogens with one attached hydrogen (secondary N) is 1. The maximum Gasteiger partial charge on any atom is 0.405 e. The van der Waals surface area contributed by atoms with Crippen LogP contribution >= 0.6 is 11.6 Å².